The lowest BCUT2D eigenvalue weighted by atomic mass is 9.85. The van der Waals surface area contributed by atoms with Crippen LogP contribution in [0.5, 0.6) is 0 Å². The molecular weight excluding hydrogens is 350 g/mol. The van der Waals surface area contributed by atoms with Gasteiger partial charge >= 0.3 is 0 Å². The number of likely N-dealkylation sites (tertiary alicyclic amines) is 1. The van der Waals surface area contributed by atoms with Crippen LogP contribution in [0.3, 0.4) is 0 Å². The monoisotopic (exact) mass is 379 g/mol. The number of aliphatic hydroxyl groups is 2. The van der Waals surface area contributed by atoms with Crippen molar-refractivity contribution < 1.29 is 10.2 Å². The van der Waals surface area contributed by atoms with Crippen molar-refractivity contribution in [3.8, 4) is 11.3 Å². The average Bonchev–Trinajstić information content (AvgIpc) is 3.32. The summed E-state index contributed by atoms with van der Waals surface area (Å²) in [6, 6.07) is 9.14. The molecule has 28 heavy (non-hydrogen) atoms. The highest BCUT2D eigenvalue weighted by molar-refractivity contribution is 5.68. The molecule has 3 aliphatic rings. The first-order valence-electron chi connectivity index (χ1n) is 10.6. The summed E-state index contributed by atoms with van der Waals surface area (Å²) in [5.41, 5.74) is 3.72. The number of fused-ring (bicyclic) bond motifs is 3. The maximum Gasteiger partial charge on any atom is 0.0956 e. The van der Waals surface area contributed by atoms with Gasteiger partial charge in [-0.25, -0.2) is 4.98 Å². The van der Waals surface area contributed by atoms with E-state index in [1.54, 1.807) is 0 Å². The number of rotatable bonds is 4. The molecule has 2 N–H and O–H groups in total. The SMILES string of the molecule is OC1C=CC(N2CCC(C(O)CC3c4ccccc4-c4cncn43)CC2)CC1. The highest BCUT2D eigenvalue weighted by Crippen LogP contribution is 2.42. The van der Waals surface area contributed by atoms with Crippen LogP contribution < -0.4 is 0 Å². The van der Waals surface area contributed by atoms with Gasteiger partial charge in [-0.3, -0.25) is 4.90 Å². The highest BCUT2D eigenvalue weighted by Gasteiger charge is 2.34. The van der Waals surface area contributed by atoms with Gasteiger partial charge in [-0.2, -0.15) is 0 Å². The van der Waals surface area contributed by atoms with Crippen LogP contribution >= 0.6 is 0 Å². The zero-order valence-corrected chi connectivity index (χ0v) is 16.2. The number of hydrogen-bond acceptors (Lipinski definition) is 4. The number of imidazole rings is 1. The number of benzene rings is 1. The second-order valence-electron chi connectivity index (χ2n) is 8.56. The standard InChI is InChI=1S/C23H29N3O2/c27-18-7-5-17(6-8-18)25-11-9-16(10-12-25)23(28)13-21-19-3-1-2-4-20(19)22-14-24-15-26(21)22/h1-5,7,14-18,21,23,27-28H,6,8-13H2. The maximum atomic E-state index is 11.1. The van der Waals surface area contributed by atoms with Crippen LogP contribution in [0.25, 0.3) is 11.3 Å². The van der Waals surface area contributed by atoms with E-state index in [-0.39, 0.29) is 18.2 Å². The minimum absolute atomic E-state index is 0.185. The minimum Gasteiger partial charge on any atom is -0.393 e. The van der Waals surface area contributed by atoms with Crippen molar-refractivity contribution in [2.75, 3.05) is 13.1 Å². The molecule has 148 valence electrons. The Morgan fingerprint density at radius 2 is 1.89 bits per heavy atom. The third-order valence-corrected chi connectivity index (χ3v) is 6.96. The van der Waals surface area contributed by atoms with E-state index in [9.17, 15) is 10.2 Å². The van der Waals surface area contributed by atoms with Crippen molar-refractivity contribution in [1.29, 1.82) is 0 Å². The molecule has 0 saturated carbocycles. The van der Waals surface area contributed by atoms with E-state index < -0.39 is 0 Å². The summed E-state index contributed by atoms with van der Waals surface area (Å²) in [5, 5.41) is 20.7. The second-order valence-corrected chi connectivity index (χ2v) is 8.56. The molecular formula is C23H29N3O2. The summed E-state index contributed by atoms with van der Waals surface area (Å²) in [4.78, 5) is 6.85. The Morgan fingerprint density at radius 1 is 1.07 bits per heavy atom. The summed E-state index contributed by atoms with van der Waals surface area (Å²) in [6.07, 6.45) is 12.1. The summed E-state index contributed by atoms with van der Waals surface area (Å²) in [5.74, 6) is 0.356. The molecule has 5 heteroatoms. The van der Waals surface area contributed by atoms with E-state index in [1.807, 2.05) is 18.6 Å². The second kappa shape index (κ2) is 7.47. The van der Waals surface area contributed by atoms with Crippen molar-refractivity contribution >= 4 is 0 Å². The van der Waals surface area contributed by atoms with Crippen LogP contribution in [0.15, 0.2) is 48.9 Å². The third-order valence-electron chi connectivity index (χ3n) is 6.96. The largest absolute Gasteiger partial charge is 0.393 e. The van der Waals surface area contributed by atoms with E-state index in [0.29, 0.717) is 12.0 Å². The topological polar surface area (TPSA) is 61.5 Å². The van der Waals surface area contributed by atoms with Crippen molar-refractivity contribution in [3.63, 3.8) is 0 Å². The van der Waals surface area contributed by atoms with E-state index in [2.05, 4.69) is 44.8 Å². The Labute approximate surface area is 166 Å². The third kappa shape index (κ3) is 3.21. The van der Waals surface area contributed by atoms with Crippen LogP contribution in [0.1, 0.15) is 43.7 Å². The van der Waals surface area contributed by atoms with Crippen LogP contribution in [-0.4, -0.2) is 56.0 Å². The molecule has 2 aliphatic heterocycles. The predicted molar refractivity (Wildman–Crippen MR) is 109 cm³/mol. The molecule has 1 aromatic carbocycles. The van der Waals surface area contributed by atoms with E-state index in [4.69, 9.17) is 0 Å². The van der Waals surface area contributed by atoms with Gasteiger partial charge < -0.3 is 14.8 Å². The van der Waals surface area contributed by atoms with Crippen molar-refractivity contribution in [1.82, 2.24) is 14.5 Å². The van der Waals surface area contributed by atoms with Gasteiger partial charge in [0.15, 0.2) is 0 Å². The normalized spacial score (nSPS) is 28.9. The molecule has 1 saturated heterocycles. The fraction of sp³-hybridized carbons (Fsp3) is 0.522. The van der Waals surface area contributed by atoms with Gasteiger partial charge in [0.2, 0.25) is 0 Å². The Morgan fingerprint density at radius 3 is 2.68 bits per heavy atom. The number of hydrogen-bond donors (Lipinski definition) is 2. The van der Waals surface area contributed by atoms with Crippen LogP contribution in [0.2, 0.25) is 0 Å². The first-order chi connectivity index (χ1) is 13.7. The zero-order chi connectivity index (χ0) is 19.1. The molecule has 0 radical (unpaired) electrons. The van der Waals surface area contributed by atoms with E-state index in [1.165, 1.54) is 11.1 Å². The number of nitrogens with zero attached hydrogens (tertiary/aromatic N) is 3. The first kappa shape index (κ1) is 18.1. The zero-order valence-electron chi connectivity index (χ0n) is 16.2. The molecule has 2 aromatic rings. The molecule has 1 aromatic heterocycles. The fourth-order valence-electron chi connectivity index (χ4n) is 5.32. The Bertz CT molecular complexity index is 853. The molecule has 0 spiro atoms. The van der Waals surface area contributed by atoms with Crippen LogP contribution in [0, 0.1) is 5.92 Å². The minimum atomic E-state index is -0.294. The molecule has 0 amide bonds. The van der Waals surface area contributed by atoms with Crippen molar-refractivity contribution in [2.45, 2.75) is 56.4 Å². The number of aliphatic hydroxyl groups excluding tert-OH is 2. The van der Waals surface area contributed by atoms with Gasteiger partial charge in [-0.05, 0) is 56.7 Å². The quantitative estimate of drug-likeness (QED) is 0.802. The smallest absolute Gasteiger partial charge is 0.0956 e. The molecule has 1 fully saturated rings. The molecule has 5 rings (SSSR count). The summed E-state index contributed by atoms with van der Waals surface area (Å²) in [7, 11) is 0. The lowest BCUT2D eigenvalue weighted by molar-refractivity contribution is 0.0373. The van der Waals surface area contributed by atoms with Crippen LogP contribution in [0.4, 0.5) is 0 Å². The average molecular weight is 380 g/mol. The predicted octanol–water partition coefficient (Wildman–Crippen LogP) is 3.00. The lowest BCUT2D eigenvalue weighted by Crippen LogP contribution is -2.44. The Kier molecular flexibility index (Phi) is 4.83. The van der Waals surface area contributed by atoms with Crippen molar-refractivity contribution in [2.24, 2.45) is 5.92 Å². The highest BCUT2D eigenvalue weighted by atomic mass is 16.3. The maximum absolute atomic E-state index is 11.1. The lowest BCUT2D eigenvalue weighted by Gasteiger charge is -2.39. The van der Waals surface area contributed by atoms with Gasteiger partial charge in [-0.15, -0.1) is 0 Å². The van der Waals surface area contributed by atoms with E-state index in [0.717, 1.165) is 50.9 Å². The van der Waals surface area contributed by atoms with E-state index >= 15 is 0 Å². The molecule has 3 heterocycles. The van der Waals surface area contributed by atoms with Gasteiger partial charge in [0.25, 0.3) is 0 Å². The van der Waals surface area contributed by atoms with Crippen LogP contribution in [-0.2, 0) is 0 Å². The number of aromatic nitrogens is 2. The summed E-state index contributed by atoms with van der Waals surface area (Å²) >= 11 is 0. The van der Waals surface area contributed by atoms with Gasteiger partial charge in [0.05, 0.1) is 36.5 Å². The molecule has 4 atom stereocenters. The van der Waals surface area contributed by atoms with Gasteiger partial charge in [-0.1, -0.05) is 36.4 Å². The molecule has 4 unspecified atom stereocenters. The van der Waals surface area contributed by atoms with Gasteiger partial charge in [0.1, 0.15) is 0 Å². The van der Waals surface area contributed by atoms with Gasteiger partial charge in [0, 0.05) is 11.6 Å². The number of piperidine rings is 1. The molecule has 1 aliphatic carbocycles. The van der Waals surface area contributed by atoms with Crippen molar-refractivity contribution in [3.05, 3.63) is 54.5 Å². The fourth-order valence-corrected chi connectivity index (χ4v) is 5.32. The Hall–Kier alpha value is -1.95. The summed E-state index contributed by atoms with van der Waals surface area (Å²) in [6.45, 7) is 2.06. The molecule has 0 bridgehead atoms. The Balaban J connectivity index is 1.23. The summed E-state index contributed by atoms with van der Waals surface area (Å²) < 4.78 is 2.22. The first-order valence-corrected chi connectivity index (χ1v) is 10.6. The molecule has 5 nitrogen and oxygen atoms in total.